The lowest BCUT2D eigenvalue weighted by Gasteiger charge is -2.54. The highest BCUT2D eigenvalue weighted by Crippen LogP contribution is 2.49. The number of hydrogen-bond donors (Lipinski definition) is 3. The molecule has 1 aromatic heterocycles. The van der Waals surface area contributed by atoms with Gasteiger partial charge in [0.1, 0.15) is 18.1 Å². The average molecular weight is 543 g/mol. The maximum absolute atomic E-state index is 15.1. The number of fused-ring (bicyclic) bond motifs is 3. The van der Waals surface area contributed by atoms with Gasteiger partial charge in [0.25, 0.3) is 5.92 Å². The van der Waals surface area contributed by atoms with Gasteiger partial charge in [0.05, 0.1) is 17.7 Å². The first-order chi connectivity index (χ1) is 18.7. The van der Waals surface area contributed by atoms with Crippen LogP contribution in [0.15, 0.2) is 18.5 Å². The van der Waals surface area contributed by atoms with Crippen molar-refractivity contribution in [1.82, 2.24) is 20.5 Å². The van der Waals surface area contributed by atoms with Gasteiger partial charge in [-0.1, -0.05) is 12.8 Å². The van der Waals surface area contributed by atoms with Crippen LogP contribution in [-0.4, -0.2) is 64.2 Å². The Hall–Kier alpha value is -3.29. The molecule has 11 heteroatoms. The second-order valence-electron chi connectivity index (χ2n) is 11.7. The number of hydrogen-bond acceptors (Lipinski definition) is 6. The normalized spacial score (nSPS) is 29.1. The number of nitriles is 1. The number of carbonyl (C=O) groups excluding carboxylic acids is 3. The molecule has 3 saturated heterocycles. The maximum Gasteiger partial charge on any atom is 0.255 e. The van der Waals surface area contributed by atoms with Gasteiger partial charge in [-0.25, -0.2) is 8.78 Å². The minimum Gasteiger partial charge on any atom is -0.372 e. The van der Waals surface area contributed by atoms with Crippen LogP contribution < -0.4 is 16.0 Å². The fourth-order valence-corrected chi connectivity index (χ4v) is 6.49. The van der Waals surface area contributed by atoms with E-state index in [2.05, 4.69) is 20.9 Å². The summed E-state index contributed by atoms with van der Waals surface area (Å²) in [5.74, 6) is -5.77. The Bertz CT molecular complexity index is 1150. The summed E-state index contributed by atoms with van der Waals surface area (Å²) in [4.78, 5) is 45.5. The molecule has 2 saturated carbocycles. The number of aromatic nitrogens is 1. The van der Waals surface area contributed by atoms with Crippen molar-refractivity contribution >= 4 is 23.4 Å². The third-order valence-electron chi connectivity index (χ3n) is 8.63. The van der Waals surface area contributed by atoms with Crippen LogP contribution in [0.1, 0.15) is 63.4 Å². The second kappa shape index (κ2) is 11.1. The lowest BCUT2D eigenvalue weighted by Crippen LogP contribution is -2.70. The van der Waals surface area contributed by atoms with Crippen LogP contribution in [0.4, 0.5) is 14.5 Å². The predicted octanol–water partition coefficient (Wildman–Crippen LogP) is 2.91. The molecule has 2 aliphatic carbocycles. The van der Waals surface area contributed by atoms with Crippen LogP contribution in [-0.2, 0) is 14.4 Å². The summed E-state index contributed by atoms with van der Waals surface area (Å²) in [6, 6.07) is 0.0543. The predicted molar refractivity (Wildman–Crippen MR) is 138 cm³/mol. The van der Waals surface area contributed by atoms with Crippen LogP contribution in [0, 0.1) is 36.0 Å². The van der Waals surface area contributed by atoms with E-state index < -0.39 is 54.3 Å². The zero-order valence-corrected chi connectivity index (χ0v) is 22.2. The minimum absolute atomic E-state index is 0.103. The van der Waals surface area contributed by atoms with Crippen LogP contribution in [0.25, 0.3) is 0 Å². The van der Waals surface area contributed by atoms with Crippen molar-refractivity contribution in [2.45, 2.75) is 94.8 Å². The molecule has 3 N–H and O–H groups in total. The van der Waals surface area contributed by atoms with Crippen LogP contribution in [0.3, 0.4) is 0 Å². The molecule has 3 amide bonds. The number of halogens is 2. The van der Waals surface area contributed by atoms with Crippen molar-refractivity contribution in [3.05, 3.63) is 24.0 Å². The van der Waals surface area contributed by atoms with Gasteiger partial charge in [0.2, 0.25) is 17.7 Å². The second-order valence-corrected chi connectivity index (χ2v) is 11.7. The van der Waals surface area contributed by atoms with Crippen molar-refractivity contribution in [3.63, 3.8) is 0 Å². The van der Waals surface area contributed by atoms with E-state index in [-0.39, 0.29) is 24.7 Å². The number of carbonyl (C=O) groups is 3. The van der Waals surface area contributed by atoms with Crippen molar-refractivity contribution < 1.29 is 23.2 Å². The third kappa shape index (κ3) is 5.99. The molecule has 6 rings (SSSR count). The van der Waals surface area contributed by atoms with Gasteiger partial charge < -0.3 is 20.9 Å². The first-order valence-electron chi connectivity index (χ1n) is 14.0. The fraction of sp³-hybridized carbons (Fsp3) is 0.679. The molecule has 210 valence electrons. The molecule has 2 bridgehead atoms. The molecule has 1 aromatic rings. The van der Waals surface area contributed by atoms with Gasteiger partial charge in [-0.3, -0.25) is 19.4 Å². The van der Waals surface area contributed by atoms with Gasteiger partial charge in [0.15, 0.2) is 0 Å². The lowest BCUT2D eigenvalue weighted by atomic mass is 9.71. The standard InChI is InChI=1S/C28H36F2N6O3/c1-16-9-20(15-32-14-16)34-23(10-17-4-5-17)27(39)36-21-6-7-22(28(29,30)12-21)24(36)26(38)35-19(13-31)11-18-3-2-8-33-25(18)37/h9,14-15,17-19,21-24,34H,2-8,10-12H2,1H3,(H,33,37)(H,35,38)/t18-,19+,21-,22-,23-,24+/m0/s1. The molecule has 0 spiro atoms. The van der Waals surface area contributed by atoms with E-state index in [1.54, 1.807) is 12.4 Å². The molecule has 39 heavy (non-hydrogen) atoms. The number of nitrogens with zero attached hydrogens (tertiary/aromatic N) is 3. The molecule has 0 radical (unpaired) electrons. The first kappa shape index (κ1) is 27.3. The highest BCUT2D eigenvalue weighted by Gasteiger charge is 2.61. The van der Waals surface area contributed by atoms with E-state index in [0.717, 1.165) is 24.8 Å². The summed E-state index contributed by atoms with van der Waals surface area (Å²) in [5, 5.41) is 18.4. The Morgan fingerprint density at radius 1 is 1.23 bits per heavy atom. The number of nitrogens with one attached hydrogen (secondary N) is 3. The summed E-state index contributed by atoms with van der Waals surface area (Å²) in [7, 11) is 0. The molecule has 5 fully saturated rings. The summed E-state index contributed by atoms with van der Waals surface area (Å²) < 4.78 is 30.3. The summed E-state index contributed by atoms with van der Waals surface area (Å²) in [6.07, 6.45) is 7.42. The highest BCUT2D eigenvalue weighted by atomic mass is 19.3. The number of piperidine rings is 3. The van der Waals surface area contributed by atoms with E-state index in [0.29, 0.717) is 37.4 Å². The van der Waals surface area contributed by atoms with E-state index in [1.165, 1.54) is 4.90 Å². The van der Waals surface area contributed by atoms with E-state index in [9.17, 15) is 19.6 Å². The largest absolute Gasteiger partial charge is 0.372 e. The van der Waals surface area contributed by atoms with Crippen LogP contribution in [0.5, 0.6) is 0 Å². The number of alkyl halides is 2. The Balaban J connectivity index is 1.38. The Morgan fingerprint density at radius 2 is 2.03 bits per heavy atom. The van der Waals surface area contributed by atoms with Crippen molar-refractivity contribution in [1.29, 1.82) is 5.26 Å². The molecular weight excluding hydrogens is 506 g/mol. The molecule has 6 atom stereocenters. The summed E-state index contributed by atoms with van der Waals surface area (Å²) in [6.45, 7) is 2.47. The van der Waals surface area contributed by atoms with Crippen molar-refractivity contribution in [3.8, 4) is 6.07 Å². The molecular formula is C28H36F2N6O3. The van der Waals surface area contributed by atoms with E-state index in [1.807, 2.05) is 19.1 Å². The molecule has 3 aliphatic heterocycles. The smallest absolute Gasteiger partial charge is 0.255 e. The monoisotopic (exact) mass is 542 g/mol. The molecule has 4 heterocycles. The lowest BCUT2D eigenvalue weighted by molar-refractivity contribution is -0.194. The van der Waals surface area contributed by atoms with Gasteiger partial charge >= 0.3 is 0 Å². The summed E-state index contributed by atoms with van der Waals surface area (Å²) >= 11 is 0. The fourth-order valence-electron chi connectivity index (χ4n) is 6.49. The number of aryl methyl sites for hydroxylation is 1. The quantitative estimate of drug-likeness (QED) is 0.440. The topological polar surface area (TPSA) is 127 Å². The number of anilines is 1. The van der Waals surface area contributed by atoms with Gasteiger partial charge in [-0.2, -0.15) is 5.26 Å². The van der Waals surface area contributed by atoms with Crippen molar-refractivity contribution in [2.75, 3.05) is 11.9 Å². The van der Waals surface area contributed by atoms with Gasteiger partial charge in [-0.05, 0) is 63.0 Å². The SMILES string of the molecule is Cc1cncc(N[C@@H](CC2CC2)C(=O)N2[C@H]3CC[C@@H]([C@@H]2C(=O)N[C@@H](C#N)C[C@@H]2CCCNC2=O)C(F)(F)C3)c1. The molecule has 5 aliphatic rings. The first-order valence-corrected chi connectivity index (χ1v) is 14.0. The number of pyridine rings is 1. The van der Waals surface area contributed by atoms with Crippen LogP contribution >= 0.6 is 0 Å². The van der Waals surface area contributed by atoms with Crippen LogP contribution in [0.2, 0.25) is 0 Å². The zero-order chi connectivity index (χ0) is 27.7. The van der Waals surface area contributed by atoms with Gasteiger partial charge in [-0.15, -0.1) is 0 Å². The zero-order valence-electron chi connectivity index (χ0n) is 22.2. The van der Waals surface area contributed by atoms with Crippen molar-refractivity contribution in [2.24, 2.45) is 17.8 Å². The highest BCUT2D eigenvalue weighted by molar-refractivity contribution is 5.92. The van der Waals surface area contributed by atoms with Gasteiger partial charge in [0, 0.05) is 37.3 Å². The number of rotatable bonds is 9. The average Bonchev–Trinajstić information content (AvgIpc) is 3.72. The molecule has 0 aromatic carbocycles. The Morgan fingerprint density at radius 3 is 2.69 bits per heavy atom. The Kier molecular flexibility index (Phi) is 7.74. The minimum atomic E-state index is -3.09. The number of amides is 3. The van der Waals surface area contributed by atoms with E-state index in [4.69, 9.17) is 0 Å². The summed E-state index contributed by atoms with van der Waals surface area (Å²) in [5.41, 5.74) is 1.58. The van der Waals surface area contributed by atoms with E-state index >= 15 is 8.78 Å². The maximum atomic E-state index is 15.1. The molecule has 0 unspecified atom stereocenters. The third-order valence-corrected chi connectivity index (χ3v) is 8.63. The molecule has 9 nitrogen and oxygen atoms in total. The Labute approximate surface area is 227 Å².